The van der Waals surface area contributed by atoms with Gasteiger partial charge in [-0.3, -0.25) is 8.98 Å². The van der Waals surface area contributed by atoms with Crippen LogP contribution in [-0.4, -0.2) is 33.2 Å². The molecular formula is C10H17NO4S. The molecule has 0 radical (unpaired) electrons. The minimum absolute atomic E-state index is 0.130. The lowest BCUT2D eigenvalue weighted by Gasteiger charge is -2.34. The van der Waals surface area contributed by atoms with Gasteiger partial charge < -0.3 is 5.32 Å². The van der Waals surface area contributed by atoms with Gasteiger partial charge >= 0.3 is 0 Å². The van der Waals surface area contributed by atoms with E-state index in [-0.39, 0.29) is 17.4 Å². The van der Waals surface area contributed by atoms with Gasteiger partial charge in [0.2, 0.25) is 5.91 Å². The summed E-state index contributed by atoms with van der Waals surface area (Å²) in [5.74, 6) is 0.130. The molecule has 1 saturated carbocycles. The van der Waals surface area contributed by atoms with E-state index in [9.17, 15) is 13.2 Å². The van der Waals surface area contributed by atoms with Crippen LogP contribution in [0.4, 0.5) is 0 Å². The molecule has 0 aromatic carbocycles. The minimum Gasteiger partial charge on any atom is -0.356 e. The van der Waals surface area contributed by atoms with Crippen molar-refractivity contribution < 1.29 is 17.4 Å². The summed E-state index contributed by atoms with van der Waals surface area (Å²) in [6.45, 7) is 0.746. The maximum absolute atomic E-state index is 11.7. The fourth-order valence-corrected chi connectivity index (χ4v) is 3.37. The Balaban J connectivity index is 1.94. The van der Waals surface area contributed by atoms with Crippen molar-refractivity contribution in [1.29, 1.82) is 0 Å². The first-order valence-electron chi connectivity index (χ1n) is 5.58. The zero-order chi connectivity index (χ0) is 11.8. The summed E-state index contributed by atoms with van der Waals surface area (Å²) in [5, 5.41) is 2.85. The van der Waals surface area contributed by atoms with Crippen LogP contribution in [0.3, 0.4) is 0 Å². The molecule has 0 aromatic heterocycles. The second-order valence-corrected chi connectivity index (χ2v) is 6.39. The maximum atomic E-state index is 11.7. The highest BCUT2D eigenvalue weighted by Crippen LogP contribution is 2.42. The zero-order valence-electron chi connectivity index (χ0n) is 9.36. The molecule has 16 heavy (non-hydrogen) atoms. The molecule has 2 aliphatic rings. The van der Waals surface area contributed by atoms with Gasteiger partial charge in [-0.1, -0.05) is 0 Å². The molecule has 92 valence electrons. The van der Waals surface area contributed by atoms with Crippen LogP contribution in [0.15, 0.2) is 0 Å². The Morgan fingerprint density at radius 3 is 2.38 bits per heavy atom. The van der Waals surface area contributed by atoms with Crippen molar-refractivity contribution in [2.75, 3.05) is 12.8 Å². The summed E-state index contributed by atoms with van der Waals surface area (Å²) in [6, 6.07) is 0. The SMILES string of the molecule is CS(=O)(=O)OC1CCC2(CCNC2=O)CC1. The van der Waals surface area contributed by atoms with Gasteiger partial charge in [0.1, 0.15) is 0 Å². The molecule has 1 amide bonds. The average Bonchev–Trinajstić information content (AvgIpc) is 2.51. The van der Waals surface area contributed by atoms with Gasteiger partial charge in [-0.15, -0.1) is 0 Å². The van der Waals surface area contributed by atoms with Crippen LogP contribution < -0.4 is 5.32 Å². The van der Waals surface area contributed by atoms with Crippen molar-refractivity contribution in [3.8, 4) is 0 Å². The number of nitrogens with one attached hydrogen (secondary N) is 1. The first kappa shape index (κ1) is 11.9. The van der Waals surface area contributed by atoms with E-state index in [1.54, 1.807) is 0 Å². The van der Waals surface area contributed by atoms with Crippen molar-refractivity contribution in [2.45, 2.75) is 38.2 Å². The minimum atomic E-state index is -3.37. The first-order chi connectivity index (χ1) is 7.41. The quantitative estimate of drug-likeness (QED) is 0.717. The third kappa shape index (κ3) is 2.38. The van der Waals surface area contributed by atoms with Crippen LogP contribution in [0.1, 0.15) is 32.1 Å². The molecule has 2 fully saturated rings. The third-order valence-corrected chi connectivity index (χ3v) is 4.19. The number of amides is 1. The van der Waals surface area contributed by atoms with Gasteiger partial charge in [0, 0.05) is 6.54 Å². The largest absolute Gasteiger partial charge is 0.356 e. The van der Waals surface area contributed by atoms with Crippen LogP contribution in [0, 0.1) is 5.41 Å². The Labute approximate surface area is 95.7 Å². The molecule has 5 nitrogen and oxygen atoms in total. The molecule has 0 atom stereocenters. The van der Waals surface area contributed by atoms with Gasteiger partial charge in [0.25, 0.3) is 10.1 Å². The molecule has 0 aromatic rings. The maximum Gasteiger partial charge on any atom is 0.264 e. The third-order valence-electron chi connectivity index (χ3n) is 3.57. The molecule has 0 unspecified atom stereocenters. The molecule has 1 heterocycles. The van der Waals surface area contributed by atoms with Crippen LogP contribution in [0.25, 0.3) is 0 Å². The summed E-state index contributed by atoms with van der Waals surface area (Å²) >= 11 is 0. The smallest absolute Gasteiger partial charge is 0.264 e. The second kappa shape index (κ2) is 4.00. The van der Waals surface area contributed by atoms with Crippen molar-refractivity contribution in [1.82, 2.24) is 5.32 Å². The van der Waals surface area contributed by atoms with Gasteiger partial charge in [0.15, 0.2) is 0 Å². The molecule has 2 rings (SSSR count). The Morgan fingerprint density at radius 1 is 1.31 bits per heavy atom. The summed E-state index contributed by atoms with van der Waals surface area (Å²) in [7, 11) is -3.37. The van der Waals surface area contributed by atoms with Crippen molar-refractivity contribution >= 4 is 16.0 Å². The predicted molar refractivity (Wildman–Crippen MR) is 58.2 cm³/mol. The molecule has 6 heteroatoms. The second-order valence-electron chi connectivity index (χ2n) is 4.79. The van der Waals surface area contributed by atoms with Crippen LogP contribution in [-0.2, 0) is 19.1 Å². The van der Waals surface area contributed by atoms with Gasteiger partial charge in [0.05, 0.1) is 17.8 Å². The highest BCUT2D eigenvalue weighted by molar-refractivity contribution is 7.86. The highest BCUT2D eigenvalue weighted by atomic mass is 32.2. The normalized spacial score (nSPS) is 35.3. The molecule has 1 saturated heterocycles. The van der Waals surface area contributed by atoms with Crippen molar-refractivity contribution in [3.05, 3.63) is 0 Å². The number of rotatable bonds is 2. The fraction of sp³-hybridized carbons (Fsp3) is 0.900. The Bertz CT molecular complexity index is 382. The highest BCUT2D eigenvalue weighted by Gasteiger charge is 2.45. The van der Waals surface area contributed by atoms with Gasteiger partial charge in [-0.05, 0) is 32.1 Å². The summed E-state index contributed by atoms with van der Waals surface area (Å²) in [5.41, 5.74) is -0.239. The first-order valence-corrected chi connectivity index (χ1v) is 7.40. The Morgan fingerprint density at radius 2 is 1.94 bits per heavy atom. The van der Waals surface area contributed by atoms with E-state index in [1.807, 2.05) is 0 Å². The number of carbonyl (C=O) groups is 1. The van der Waals surface area contributed by atoms with Gasteiger partial charge in [-0.2, -0.15) is 8.42 Å². The number of hydrogen-bond donors (Lipinski definition) is 1. The van der Waals surface area contributed by atoms with E-state index in [0.717, 1.165) is 32.1 Å². The molecular weight excluding hydrogens is 230 g/mol. The lowest BCUT2D eigenvalue weighted by atomic mass is 9.72. The average molecular weight is 247 g/mol. The molecule has 1 N–H and O–H groups in total. The summed E-state index contributed by atoms with van der Waals surface area (Å²) in [6.07, 6.45) is 4.48. The van der Waals surface area contributed by atoms with Crippen LogP contribution >= 0.6 is 0 Å². The summed E-state index contributed by atoms with van der Waals surface area (Å²) in [4.78, 5) is 11.7. The number of hydrogen-bond acceptors (Lipinski definition) is 4. The molecule has 1 aliphatic carbocycles. The molecule has 0 bridgehead atoms. The Kier molecular flexibility index (Phi) is 2.96. The van der Waals surface area contributed by atoms with E-state index < -0.39 is 10.1 Å². The topological polar surface area (TPSA) is 72.5 Å². The van der Waals surface area contributed by atoms with E-state index in [4.69, 9.17) is 4.18 Å². The van der Waals surface area contributed by atoms with Crippen molar-refractivity contribution in [3.63, 3.8) is 0 Å². The van der Waals surface area contributed by atoms with E-state index >= 15 is 0 Å². The summed E-state index contributed by atoms with van der Waals surface area (Å²) < 4.78 is 26.9. The van der Waals surface area contributed by atoms with Gasteiger partial charge in [-0.25, -0.2) is 0 Å². The zero-order valence-corrected chi connectivity index (χ0v) is 10.2. The van der Waals surface area contributed by atoms with E-state index in [2.05, 4.69) is 5.32 Å². The fourth-order valence-electron chi connectivity index (χ4n) is 2.68. The molecule has 1 aliphatic heterocycles. The monoisotopic (exact) mass is 247 g/mol. The van der Waals surface area contributed by atoms with Crippen LogP contribution in [0.2, 0.25) is 0 Å². The predicted octanol–water partition coefficient (Wildman–Crippen LogP) is 0.411. The van der Waals surface area contributed by atoms with Crippen molar-refractivity contribution in [2.24, 2.45) is 5.41 Å². The Hall–Kier alpha value is -0.620. The van der Waals surface area contributed by atoms with E-state index in [0.29, 0.717) is 12.8 Å². The standard InChI is InChI=1S/C10H17NO4S/c1-16(13,14)15-8-2-4-10(5-3-8)6-7-11-9(10)12/h8H,2-7H2,1H3,(H,11,12). The van der Waals surface area contributed by atoms with E-state index in [1.165, 1.54) is 0 Å². The molecule has 1 spiro atoms. The lowest BCUT2D eigenvalue weighted by Crippen LogP contribution is -2.37. The number of carbonyl (C=O) groups excluding carboxylic acids is 1. The lowest BCUT2D eigenvalue weighted by molar-refractivity contribution is -0.130. The van der Waals surface area contributed by atoms with Crippen LogP contribution in [0.5, 0.6) is 0 Å².